The average Bonchev–Trinajstić information content (AvgIpc) is 2.45. The standard InChI is InChI=1S/C18H21BrClN/c1-13(2)21-12-16(15-4-3-5-17(19)11-15)10-14-6-8-18(20)9-7-14/h3-9,11,13,16,21H,10,12H2,1-2H3. The second-order valence-corrected chi connectivity index (χ2v) is 7.00. The van der Waals surface area contributed by atoms with E-state index in [0.717, 1.165) is 22.5 Å². The van der Waals surface area contributed by atoms with E-state index in [9.17, 15) is 0 Å². The highest BCUT2D eigenvalue weighted by molar-refractivity contribution is 9.10. The predicted molar refractivity (Wildman–Crippen MR) is 95.2 cm³/mol. The molecule has 0 radical (unpaired) electrons. The maximum absolute atomic E-state index is 5.97. The Balaban J connectivity index is 2.17. The second kappa shape index (κ2) is 7.98. The molecule has 1 atom stereocenters. The SMILES string of the molecule is CC(C)NCC(Cc1ccc(Cl)cc1)c1cccc(Br)c1. The van der Waals surface area contributed by atoms with Gasteiger partial charge in [-0.05, 0) is 41.8 Å². The number of nitrogens with one attached hydrogen (secondary N) is 1. The van der Waals surface area contributed by atoms with Crippen LogP contribution in [0.4, 0.5) is 0 Å². The van der Waals surface area contributed by atoms with E-state index in [4.69, 9.17) is 11.6 Å². The largest absolute Gasteiger partial charge is 0.314 e. The molecule has 0 saturated heterocycles. The lowest BCUT2D eigenvalue weighted by atomic mass is 9.91. The van der Waals surface area contributed by atoms with Gasteiger partial charge in [0, 0.05) is 28.0 Å². The van der Waals surface area contributed by atoms with E-state index in [1.54, 1.807) is 0 Å². The van der Waals surface area contributed by atoms with E-state index >= 15 is 0 Å². The van der Waals surface area contributed by atoms with Gasteiger partial charge in [-0.25, -0.2) is 0 Å². The molecule has 21 heavy (non-hydrogen) atoms. The molecule has 1 unspecified atom stereocenters. The Morgan fingerprint density at radius 2 is 1.81 bits per heavy atom. The highest BCUT2D eigenvalue weighted by Gasteiger charge is 2.13. The second-order valence-electron chi connectivity index (χ2n) is 5.65. The van der Waals surface area contributed by atoms with E-state index < -0.39 is 0 Å². The minimum absolute atomic E-state index is 0.450. The average molecular weight is 367 g/mol. The molecule has 2 aromatic carbocycles. The molecule has 0 aliphatic heterocycles. The number of hydrogen-bond acceptors (Lipinski definition) is 1. The first kappa shape index (κ1) is 16.5. The summed E-state index contributed by atoms with van der Waals surface area (Å²) in [4.78, 5) is 0. The Morgan fingerprint density at radius 3 is 2.43 bits per heavy atom. The highest BCUT2D eigenvalue weighted by atomic mass is 79.9. The zero-order chi connectivity index (χ0) is 15.2. The Hall–Kier alpha value is -0.830. The lowest BCUT2D eigenvalue weighted by molar-refractivity contribution is 0.526. The summed E-state index contributed by atoms with van der Waals surface area (Å²) in [5, 5.41) is 4.34. The summed E-state index contributed by atoms with van der Waals surface area (Å²) in [6.45, 7) is 5.33. The van der Waals surface area contributed by atoms with Crippen LogP contribution in [0.2, 0.25) is 5.02 Å². The summed E-state index contributed by atoms with van der Waals surface area (Å²) < 4.78 is 1.13. The van der Waals surface area contributed by atoms with Gasteiger partial charge < -0.3 is 5.32 Å². The van der Waals surface area contributed by atoms with E-state index in [2.05, 4.69) is 71.5 Å². The van der Waals surface area contributed by atoms with Crippen molar-refractivity contribution >= 4 is 27.5 Å². The van der Waals surface area contributed by atoms with Crippen molar-refractivity contribution < 1.29 is 0 Å². The highest BCUT2D eigenvalue weighted by Crippen LogP contribution is 2.24. The van der Waals surface area contributed by atoms with Crippen LogP contribution in [0.15, 0.2) is 53.0 Å². The fourth-order valence-corrected chi connectivity index (χ4v) is 2.89. The van der Waals surface area contributed by atoms with Gasteiger partial charge in [0.2, 0.25) is 0 Å². The fraction of sp³-hybridized carbons (Fsp3) is 0.333. The Morgan fingerprint density at radius 1 is 1.10 bits per heavy atom. The summed E-state index contributed by atoms with van der Waals surface area (Å²) in [5.74, 6) is 0.450. The van der Waals surface area contributed by atoms with Crippen LogP contribution < -0.4 is 5.32 Å². The van der Waals surface area contributed by atoms with Crippen molar-refractivity contribution in [1.82, 2.24) is 5.32 Å². The van der Waals surface area contributed by atoms with Crippen molar-refractivity contribution in [2.45, 2.75) is 32.2 Å². The quantitative estimate of drug-likeness (QED) is 0.719. The number of benzene rings is 2. The van der Waals surface area contributed by atoms with Crippen molar-refractivity contribution in [3.63, 3.8) is 0 Å². The van der Waals surface area contributed by atoms with E-state index in [-0.39, 0.29) is 0 Å². The lowest BCUT2D eigenvalue weighted by Gasteiger charge is -2.20. The summed E-state index contributed by atoms with van der Waals surface area (Å²) >= 11 is 9.54. The van der Waals surface area contributed by atoms with Gasteiger partial charge in [-0.3, -0.25) is 0 Å². The molecule has 0 fully saturated rings. The zero-order valence-electron chi connectivity index (χ0n) is 12.4. The Bertz CT molecular complexity index is 566. The molecule has 0 heterocycles. The van der Waals surface area contributed by atoms with Crippen LogP contribution >= 0.6 is 27.5 Å². The molecule has 2 rings (SSSR count). The van der Waals surface area contributed by atoms with Crippen molar-refractivity contribution in [3.8, 4) is 0 Å². The molecule has 1 N–H and O–H groups in total. The van der Waals surface area contributed by atoms with Gasteiger partial charge in [0.1, 0.15) is 0 Å². The predicted octanol–water partition coefficient (Wildman–Crippen LogP) is 5.43. The van der Waals surface area contributed by atoms with E-state index in [0.29, 0.717) is 12.0 Å². The Labute approximate surface area is 140 Å². The van der Waals surface area contributed by atoms with Gasteiger partial charge in [0.25, 0.3) is 0 Å². The first-order valence-corrected chi connectivity index (χ1v) is 8.45. The molecule has 0 aliphatic rings. The van der Waals surface area contributed by atoms with Crippen LogP contribution in [0.3, 0.4) is 0 Å². The van der Waals surface area contributed by atoms with Crippen molar-refractivity contribution in [1.29, 1.82) is 0 Å². The fourth-order valence-electron chi connectivity index (χ4n) is 2.35. The molecule has 0 aliphatic carbocycles. The van der Waals surface area contributed by atoms with Crippen LogP contribution in [0.1, 0.15) is 30.9 Å². The van der Waals surface area contributed by atoms with Gasteiger partial charge in [0.05, 0.1) is 0 Å². The van der Waals surface area contributed by atoms with Gasteiger partial charge in [0.15, 0.2) is 0 Å². The monoisotopic (exact) mass is 365 g/mol. The van der Waals surface area contributed by atoms with Crippen LogP contribution in [0, 0.1) is 0 Å². The smallest absolute Gasteiger partial charge is 0.0406 e. The van der Waals surface area contributed by atoms with Crippen LogP contribution in [-0.2, 0) is 6.42 Å². The first-order chi connectivity index (χ1) is 10.0. The van der Waals surface area contributed by atoms with Crippen molar-refractivity contribution in [2.24, 2.45) is 0 Å². The maximum Gasteiger partial charge on any atom is 0.0406 e. The zero-order valence-corrected chi connectivity index (χ0v) is 14.8. The minimum atomic E-state index is 0.450. The van der Waals surface area contributed by atoms with Gasteiger partial charge >= 0.3 is 0 Å². The minimum Gasteiger partial charge on any atom is -0.314 e. The van der Waals surface area contributed by atoms with E-state index in [1.165, 1.54) is 11.1 Å². The molecule has 3 heteroatoms. The van der Waals surface area contributed by atoms with Gasteiger partial charge in [-0.2, -0.15) is 0 Å². The number of rotatable bonds is 6. The lowest BCUT2D eigenvalue weighted by Crippen LogP contribution is -2.29. The summed E-state index contributed by atoms with van der Waals surface area (Å²) in [7, 11) is 0. The maximum atomic E-state index is 5.97. The van der Waals surface area contributed by atoms with Gasteiger partial charge in [-0.1, -0.05) is 65.6 Å². The van der Waals surface area contributed by atoms with Crippen molar-refractivity contribution in [3.05, 3.63) is 69.2 Å². The molecule has 1 nitrogen and oxygen atoms in total. The van der Waals surface area contributed by atoms with E-state index in [1.807, 2.05) is 12.1 Å². The number of halogens is 2. The third-order valence-corrected chi connectivity index (χ3v) is 4.23. The molecular formula is C18H21BrClN. The number of hydrogen-bond donors (Lipinski definition) is 1. The van der Waals surface area contributed by atoms with Crippen LogP contribution in [0.25, 0.3) is 0 Å². The molecular weight excluding hydrogens is 346 g/mol. The van der Waals surface area contributed by atoms with Crippen molar-refractivity contribution in [2.75, 3.05) is 6.54 Å². The topological polar surface area (TPSA) is 12.0 Å². The summed E-state index contributed by atoms with van der Waals surface area (Å²) in [6, 6.07) is 17.2. The Kier molecular flexibility index (Phi) is 6.28. The molecule has 0 spiro atoms. The molecule has 0 amide bonds. The molecule has 0 saturated carbocycles. The third kappa shape index (κ3) is 5.46. The van der Waals surface area contributed by atoms with Gasteiger partial charge in [-0.15, -0.1) is 0 Å². The molecule has 0 bridgehead atoms. The van der Waals surface area contributed by atoms with Crippen LogP contribution in [-0.4, -0.2) is 12.6 Å². The third-order valence-electron chi connectivity index (χ3n) is 3.49. The normalized spacial score (nSPS) is 12.6. The molecule has 2 aromatic rings. The summed E-state index contributed by atoms with van der Waals surface area (Å²) in [6.07, 6.45) is 1.01. The van der Waals surface area contributed by atoms with Crippen LogP contribution in [0.5, 0.6) is 0 Å². The molecule has 0 aromatic heterocycles. The first-order valence-electron chi connectivity index (χ1n) is 7.28. The molecule has 112 valence electrons. The summed E-state index contributed by atoms with van der Waals surface area (Å²) in [5.41, 5.74) is 2.67.